The molecule has 2 rings (SSSR count). The Morgan fingerprint density at radius 2 is 2.11 bits per heavy atom. The summed E-state index contributed by atoms with van der Waals surface area (Å²) in [6.45, 7) is 0.703. The Morgan fingerprint density at radius 3 is 2.72 bits per heavy atom. The second-order valence-corrected chi connectivity index (χ2v) is 4.66. The number of nitrogens with one attached hydrogen (secondary N) is 1. The fourth-order valence-corrected chi connectivity index (χ4v) is 2.42. The highest BCUT2D eigenvalue weighted by Crippen LogP contribution is 2.25. The Labute approximate surface area is 108 Å². The van der Waals surface area contributed by atoms with Crippen LogP contribution < -0.4 is 14.8 Å². The van der Waals surface area contributed by atoms with Crippen molar-refractivity contribution in [1.82, 2.24) is 5.32 Å². The minimum absolute atomic E-state index is 0.205. The first-order valence-electron chi connectivity index (χ1n) is 6.37. The molecule has 1 fully saturated rings. The van der Waals surface area contributed by atoms with Crippen LogP contribution in [0.1, 0.15) is 24.8 Å². The molecule has 0 bridgehead atoms. The van der Waals surface area contributed by atoms with Crippen LogP contribution in [0.5, 0.6) is 11.5 Å². The second kappa shape index (κ2) is 6.07. The molecule has 0 aromatic heterocycles. The summed E-state index contributed by atoms with van der Waals surface area (Å²) in [6, 6.07) is 6.00. The van der Waals surface area contributed by atoms with Gasteiger partial charge in [0.1, 0.15) is 11.5 Å². The monoisotopic (exact) mass is 251 g/mol. The van der Waals surface area contributed by atoms with Crippen molar-refractivity contribution >= 4 is 0 Å². The lowest BCUT2D eigenvalue weighted by atomic mass is 10.1. The van der Waals surface area contributed by atoms with Gasteiger partial charge in [0.15, 0.2) is 0 Å². The van der Waals surface area contributed by atoms with Gasteiger partial charge >= 0.3 is 0 Å². The lowest BCUT2D eigenvalue weighted by Gasteiger charge is -2.17. The van der Waals surface area contributed by atoms with E-state index in [1.54, 1.807) is 14.2 Å². The summed E-state index contributed by atoms with van der Waals surface area (Å²) < 4.78 is 10.5. The third kappa shape index (κ3) is 2.94. The van der Waals surface area contributed by atoms with Crippen molar-refractivity contribution < 1.29 is 14.6 Å². The average molecular weight is 251 g/mol. The number of benzene rings is 1. The van der Waals surface area contributed by atoms with E-state index in [4.69, 9.17) is 9.47 Å². The van der Waals surface area contributed by atoms with Crippen LogP contribution in [0.2, 0.25) is 0 Å². The van der Waals surface area contributed by atoms with E-state index in [0.717, 1.165) is 36.3 Å². The second-order valence-electron chi connectivity index (χ2n) is 4.66. The number of aliphatic hydroxyl groups excluding tert-OH is 1. The van der Waals surface area contributed by atoms with Gasteiger partial charge in [-0.3, -0.25) is 0 Å². The standard InChI is InChI=1S/C14H21NO3/c1-17-11-7-6-10(14(8-11)18-2)9-15-12-4-3-5-13(12)16/h6-8,12-13,15-16H,3-5,9H2,1-2H3/t12-,13+/m1/s1. The topological polar surface area (TPSA) is 50.7 Å². The minimum Gasteiger partial charge on any atom is -0.497 e. The van der Waals surface area contributed by atoms with Crippen LogP contribution in [0.3, 0.4) is 0 Å². The summed E-state index contributed by atoms with van der Waals surface area (Å²) in [7, 11) is 3.30. The third-order valence-electron chi connectivity index (χ3n) is 3.53. The molecule has 1 aliphatic rings. The summed E-state index contributed by atoms with van der Waals surface area (Å²) in [4.78, 5) is 0. The van der Waals surface area contributed by atoms with Gasteiger partial charge in [0.05, 0.1) is 20.3 Å². The smallest absolute Gasteiger partial charge is 0.127 e. The van der Waals surface area contributed by atoms with Crippen molar-refractivity contribution in [2.24, 2.45) is 0 Å². The Hall–Kier alpha value is -1.26. The van der Waals surface area contributed by atoms with Crippen molar-refractivity contribution in [3.63, 3.8) is 0 Å². The zero-order valence-electron chi connectivity index (χ0n) is 11.0. The number of ether oxygens (including phenoxy) is 2. The lowest BCUT2D eigenvalue weighted by molar-refractivity contribution is 0.148. The fourth-order valence-electron chi connectivity index (χ4n) is 2.42. The third-order valence-corrected chi connectivity index (χ3v) is 3.53. The number of aliphatic hydroxyl groups is 1. The molecule has 4 nitrogen and oxygen atoms in total. The van der Waals surface area contributed by atoms with Crippen molar-refractivity contribution in [2.45, 2.75) is 38.0 Å². The number of methoxy groups -OCH3 is 2. The highest BCUT2D eigenvalue weighted by molar-refractivity contribution is 5.40. The molecule has 0 amide bonds. The molecular formula is C14H21NO3. The Kier molecular flexibility index (Phi) is 4.44. The van der Waals surface area contributed by atoms with Crippen LogP contribution in [0.15, 0.2) is 18.2 Å². The largest absolute Gasteiger partial charge is 0.497 e. The Bertz CT molecular complexity index is 395. The van der Waals surface area contributed by atoms with Crippen LogP contribution >= 0.6 is 0 Å². The maximum Gasteiger partial charge on any atom is 0.127 e. The zero-order valence-corrected chi connectivity index (χ0v) is 11.0. The quantitative estimate of drug-likeness (QED) is 0.836. The number of hydrogen-bond donors (Lipinski definition) is 2. The minimum atomic E-state index is -0.214. The van der Waals surface area contributed by atoms with E-state index in [-0.39, 0.29) is 12.1 Å². The van der Waals surface area contributed by atoms with Gasteiger partial charge in [-0.1, -0.05) is 6.07 Å². The van der Waals surface area contributed by atoms with Crippen LogP contribution in [0.4, 0.5) is 0 Å². The maximum atomic E-state index is 9.76. The van der Waals surface area contributed by atoms with E-state index in [1.807, 2.05) is 18.2 Å². The highest BCUT2D eigenvalue weighted by Gasteiger charge is 2.24. The highest BCUT2D eigenvalue weighted by atomic mass is 16.5. The molecule has 1 saturated carbocycles. The SMILES string of the molecule is COc1ccc(CN[C@@H]2CCC[C@@H]2O)c(OC)c1. The molecule has 0 saturated heterocycles. The van der Waals surface area contributed by atoms with Crippen LogP contribution in [-0.2, 0) is 6.54 Å². The molecule has 0 aliphatic heterocycles. The van der Waals surface area contributed by atoms with E-state index in [0.29, 0.717) is 6.54 Å². The summed E-state index contributed by atoms with van der Waals surface area (Å²) >= 11 is 0. The van der Waals surface area contributed by atoms with E-state index in [9.17, 15) is 5.11 Å². The van der Waals surface area contributed by atoms with Crippen molar-refractivity contribution in [2.75, 3.05) is 14.2 Å². The molecule has 0 unspecified atom stereocenters. The average Bonchev–Trinajstić information content (AvgIpc) is 2.81. The number of rotatable bonds is 5. The van der Waals surface area contributed by atoms with Gasteiger partial charge in [-0.2, -0.15) is 0 Å². The molecule has 2 N–H and O–H groups in total. The predicted octanol–water partition coefficient (Wildman–Crippen LogP) is 1.71. The lowest BCUT2D eigenvalue weighted by Crippen LogP contribution is -2.35. The molecule has 2 atom stereocenters. The predicted molar refractivity (Wildman–Crippen MR) is 70.0 cm³/mol. The first-order chi connectivity index (χ1) is 8.74. The van der Waals surface area contributed by atoms with Crippen molar-refractivity contribution in [3.05, 3.63) is 23.8 Å². The molecule has 4 heteroatoms. The van der Waals surface area contributed by atoms with Crippen molar-refractivity contribution in [3.8, 4) is 11.5 Å². The van der Waals surface area contributed by atoms with Crippen molar-refractivity contribution in [1.29, 1.82) is 0 Å². The Morgan fingerprint density at radius 1 is 1.28 bits per heavy atom. The van der Waals surface area contributed by atoms with Crippen LogP contribution in [0.25, 0.3) is 0 Å². The zero-order chi connectivity index (χ0) is 13.0. The van der Waals surface area contributed by atoms with Crippen LogP contribution in [0, 0.1) is 0 Å². The molecule has 1 aromatic rings. The fraction of sp³-hybridized carbons (Fsp3) is 0.571. The summed E-state index contributed by atoms with van der Waals surface area (Å²) in [5.74, 6) is 1.60. The summed E-state index contributed by atoms with van der Waals surface area (Å²) in [5.41, 5.74) is 1.08. The molecule has 0 radical (unpaired) electrons. The summed E-state index contributed by atoms with van der Waals surface area (Å²) in [6.07, 6.45) is 2.82. The number of hydrogen-bond acceptors (Lipinski definition) is 4. The normalized spacial score (nSPS) is 23.1. The molecule has 100 valence electrons. The molecule has 0 spiro atoms. The molecular weight excluding hydrogens is 230 g/mol. The van der Waals surface area contributed by atoms with Crippen LogP contribution in [-0.4, -0.2) is 31.5 Å². The van der Waals surface area contributed by atoms with E-state index in [1.165, 1.54) is 0 Å². The van der Waals surface area contributed by atoms with Gasteiger partial charge in [-0.15, -0.1) is 0 Å². The molecule has 18 heavy (non-hydrogen) atoms. The van der Waals surface area contributed by atoms with E-state index < -0.39 is 0 Å². The van der Waals surface area contributed by atoms with E-state index in [2.05, 4.69) is 5.32 Å². The van der Waals surface area contributed by atoms with Gasteiger partial charge in [0.25, 0.3) is 0 Å². The molecule has 0 heterocycles. The first-order valence-corrected chi connectivity index (χ1v) is 6.37. The molecule has 1 aliphatic carbocycles. The summed E-state index contributed by atoms with van der Waals surface area (Å²) in [5, 5.41) is 13.2. The van der Waals surface area contributed by atoms with Gasteiger partial charge < -0.3 is 19.9 Å². The van der Waals surface area contributed by atoms with Gasteiger partial charge in [0.2, 0.25) is 0 Å². The first kappa shape index (κ1) is 13.2. The maximum absolute atomic E-state index is 9.76. The van der Waals surface area contributed by atoms with E-state index >= 15 is 0 Å². The Balaban J connectivity index is 2.00. The van der Waals surface area contributed by atoms with Gasteiger partial charge in [-0.05, 0) is 25.3 Å². The van der Waals surface area contributed by atoms with Gasteiger partial charge in [-0.25, -0.2) is 0 Å². The molecule has 1 aromatic carbocycles. The van der Waals surface area contributed by atoms with Gasteiger partial charge in [0, 0.05) is 24.2 Å².